The Bertz CT molecular complexity index is 1120. The molecule has 0 heterocycles. The average molecular weight is 458 g/mol. The number of hydrogen-bond donors (Lipinski definition) is 2. The van der Waals surface area contributed by atoms with Crippen molar-refractivity contribution in [1.29, 1.82) is 0 Å². The number of amides is 2. The van der Waals surface area contributed by atoms with Crippen molar-refractivity contribution in [1.82, 2.24) is 10.9 Å². The third kappa shape index (κ3) is 4.69. The van der Waals surface area contributed by atoms with Crippen LogP contribution < -0.4 is 15.6 Å². The van der Waals surface area contributed by atoms with Crippen molar-refractivity contribution in [2.75, 3.05) is 7.11 Å². The Morgan fingerprint density at radius 3 is 2.62 bits per heavy atom. The molecule has 2 amide bonds. The summed E-state index contributed by atoms with van der Waals surface area (Å²) in [6, 6.07) is 14.6. The van der Waals surface area contributed by atoms with E-state index in [9.17, 15) is 19.7 Å². The summed E-state index contributed by atoms with van der Waals surface area (Å²) in [6.45, 7) is 0. The molecule has 0 unspecified atom stereocenters. The predicted octanol–water partition coefficient (Wildman–Crippen LogP) is 3.52. The summed E-state index contributed by atoms with van der Waals surface area (Å²) in [5.74, 6) is -0.562. The van der Waals surface area contributed by atoms with E-state index < -0.39 is 16.7 Å². The van der Waals surface area contributed by atoms with Crippen LogP contribution in [0.25, 0.3) is 10.8 Å². The number of nitro groups is 1. The maximum atomic E-state index is 12.4. The summed E-state index contributed by atoms with van der Waals surface area (Å²) in [7, 11) is 1.52. The smallest absolute Gasteiger partial charge is 0.270 e. The van der Waals surface area contributed by atoms with Crippen LogP contribution in [0.5, 0.6) is 5.75 Å². The van der Waals surface area contributed by atoms with E-state index in [-0.39, 0.29) is 17.7 Å². The second kappa shape index (κ2) is 8.70. The number of fused-ring (bicyclic) bond motifs is 1. The Morgan fingerprint density at radius 1 is 1.10 bits per heavy atom. The first-order valence-corrected chi connectivity index (χ1v) is 9.27. The number of hydrogen-bond acceptors (Lipinski definition) is 5. The van der Waals surface area contributed by atoms with E-state index in [4.69, 9.17) is 4.74 Å². The first-order chi connectivity index (χ1) is 13.9. The number of benzene rings is 3. The van der Waals surface area contributed by atoms with Gasteiger partial charge < -0.3 is 4.74 Å². The largest absolute Gasteiger partial charge is 0.496 e. The fraction of sp³-hybridized carbons (Fsp3) is 0.100. The summed E-state index contributed by atoms with van der Waals surface area (Å²) in [5.41, 5.74) is 5.13. The number of ether oxygens (including phenoxy) is 1. The van der Waals surface area contributed by atoms with Crippen molar-refractivity contribution in [2.24, 2.45) is 0 Å². The second-order valence-corrected chi connectivity index (χ2v) is 7.01. The molecule has 0 aliphatic carbocycles. The van der Waals surface area contributed by atoms with E-state index in [1.54, 1.807) is 6.07 Å². The minimum Gasteiger partial charge on any atom is -0.496 e. The van der Waals surface area contributed by atoms with Gasteiger partial charge in [-0.1, -0.05) is 34.1 Å². The van der Waals surface area contributed by atoms with Crippen molar-refractivity contribution >= 4 is 44.2 Å². The van der Waals surface area contributed by atoms with Gasteiger partial charge in [0.15, 0.2) is 0 Å². The molecule has 0 bridgehead atoms. The SMILES string of the molecule is COc1ccc2cc(Br)ccc2c1CC(=O)NNC(=O)c1cccc([N+](=O)[O-])c1. The number of halogens is 1. The average Bonchev–Trinajstić information content (AvgIpc) is 2.72. The van der Waals surface area contributed by atoms with Gasteiger partial charge in [0.05, 0.1) is 18.5 Å². The lowest BCUT2D eigenvalue weighted by molar-refractivity contribution is -0.384. The first-order valence-electron chi connectivity index (χ1n) is 8.48. The first kappa shape index (κ1) is 20.3. The lowest BCUT2D eigenvalue weighted by Crippen LogP contribution is -2.42. The van der Waals surface area contributed by atoms with E-state index in [0.717, 1.165) is 21.3 Å². The van der Waals surface area contributed by atoms with Gasteiger partial charge in [-0.3, -0.25) is 30.6 Å². The van der Waals surface area contributed by atoms with Gasteiger partial charge in [0.1, 0.15) is 5.75 Å². The van der Waals surface area contributed by atoms with E-state index >= 15 is 0 Å². The van der Waals surface area contributed by atoms with Gasteiger partial charge in [-0.25, -0.2) is 0 Å². The molecule has 0 aromatic heterocycles. The molecule has 8 nitrogen and oxygen atoms in total. The highest BCUT2D eigenvalue weighted by molar-refractivity contribution is 9.10. The summed E-state index contributed by atoms with van der Waals surface area (Å²) < 4.78 is 6.28. The number of carbonyl (C=O) groups excluding carboxylic acids is 2. The second-order valence-electron chi connectivity index (χ2n) is 6.10. The highest BCUT2D eigenvalue weighted by atomic mass is 79.9. The summed E-state index contributed by atoms with van der Waals surface area (Å²) in [6.07, 6.45) is -0.0304. The van der Waals surface area contributed by atoms with Crippen LogP contribution >= 0.6 is 15.9 Å². The molecule has 29 heavy (non-hydrogen) atoms. The molecule has 3 aromatic rings. The molecule has 0 atom stereocenters. The topological polar surface area (TPSA) is 111 Å². The molecule has 0 aliphatic rings. The number of carbonyl (C=O) groups is 2. The molecule has 148 valence electrons. The molecule has 2 N–H and O–H groups in total. The Kier molecular flexibility index (Phi) is 6.08. The molecule has 0 fully saturated rings. The van der Waals surface area contributed by atoms with Crippen molar-refractivity contribution in [3.8, 4) is 5.75 Å². The zero-order chi connectivity index (χ0) is 21.0. The predicted molar refractivity (Wildman–Crippen MR) is 111 cm³/mol. The van der Waals surface area contributed by atoms with Gasteiger partial charge in [0, 0.05) is 27.7 Å². The van der Waals surface area contributed by atoms with Crippen molar-refractivity contribution < 1.29 is 19.2 Å². The fourth-order valence-corrected chi connectivity index (χ4v) is 3.26. The number of nitro benzene ring substituents is 1. The number of nitrogens with one attached hydrogen (secondary N) is 2. The zero-order valence-corrected chi connectivity index (χ0v) is 16.9. The van der Waals surface area contributed by atoms with E-state index in [0.29, 0.717) is 11.3 Å². The van der Waals surface area contributed by atoms with Crippen LogP contribution in [-0.4, -0.2) is 23.8 Å². The molecule has 0 radical (unpaired) electrons. The van der Waals surface area contributed by atoms with E-state index in [1.165, 1.54) is 25.3 Å². The monoisotopic (exact) mass is 457 g/mol. The highest BCUT2D eigenvalue weighted by Gasteiger charge is 2.15. The maximum Gasteiger partial charge on any atom is 0.270 e. The standard InChI is InChI=1S/C20H16BrN3O5/c1-29-18-8-5-12-9-14(21)6-7-16(12)17(18)11-19(25)22-23-20(26)13-3-2-4-15(10-13)24(27)28/h2-10H,11H2,1H3,(H,22,25)(H,23,26). The van der Waals surface area contributed by atoms with Crippen molar-refractivity contribution in [3.05, 3.63) is 80.3 Å². The summed E-state index contributed by atoms with van der Waals surface area (Å²) in [4.78, 5) is 34.8. The van der Waals surface area contributed by atoms with Gasteiger partial charge in [-0.2, -0.15) is 0 Å². The molecule has 0 saturated carbocycles. The summed E-state index contributed by atoms with van der Waals surface area (Å²) >= 11 is 3.42. The fourth-order valence-electron chi connectivity index (χ4n) is 2.88. The van der Waals surface area contributed by atoms with Crippen LogP contribution in [0.4, 0.5) is 5.69 Å². The molecule has 0 spiro atoms. The molecule has 3 aromatic carbocycles. The third-order valence-electron chi connectivity index (χ3n) is 4.24. The quantitative estimate of drug-likeness (QED) is 0.449. The Morgan fingerprint density at radius 2 is 1.90 bits per heavy atom. The van der Waals surface area contributed by atoms with Gasteiger partial charge >= 0.3 is 0 Å². The molecular weight excluding hydrogens is 442 g/mol. The number of methoxy groups -OCH3 is 1. The van der Waals surface area contributed by atoms with Crippen LogP contribution in [0.2, 0.25) is 0 Å². The van der Waals surface area contributed by atoms with Gasteiger partial charge in [-0.15, -0.1) is 0 Å². The van der Waals surface area contributed by atoms with E-state index in [2.05, 4.69) is 26.8 Å². The molecule has 0 saturated heterocycles. The van der Waals surface area contributed by atoms with Crippen LogP contribution in [0, 0.1) is 10.1 Å². The van der Waals surface area contributed by atoms with E-state index in [1.807, 2.05) is 24.3 Å². The number of hydrazine groups is 1. The Hall–Kier alpha value is -3.46. The third-order valence-corrected chi connectivity index (χ3v) is 4.74. The van der Waals surface area contributed by atoms with Crippen LogP contribution in [0.3, 0.4) is 0 Å². The maximum absolute atomic E-state index is 12.4. The lowest BCUT2D eigenvalue weighted by Gasteiger charge is -2.13. The number of nitrogens with zero attached hydrogens (tertiary/aromatic N) is 1. The van der Waals surface area contributed by atoms with Gasteiger partial charge in [0.25, 0.3) is 11.6 Å². The lowest BCUT2D eigenvalue weighted by atomic mass is 10.0. The van der Waals surface area contributed by atoms with Crippen LogP contribution in [0.15, 0.2) is 59.1 Å². The zero-order valence-electron chi connectivity index (χ0n) is 15.3. The highest BCUT2D eigenvalue weighted by Crippen LogP contribution is 2.30. The summed E-state index contributed by atoms with van der Waals surface area (Å²) in [5, 5.41) is 12.6. The normalized spacial score (nSPS) is 10.4. The number of rotatable bonds is 5. The van der Waals surface area contributed by atoms with Crippen molar-refractivity contribution in [3.63, 3.8) is 0 Å². The van der Waals surface area contributed by atoms with Crippen LogP contribution in [0.1, 0.15) is 15.9 Å². The Balaban J connectivity index is 1.73. The minimum absolute atomic E-state index is 0.0304. The van der Waals surface area contributed by atoms with Gasteiger partial charge in [0.2, 0.25) is 5.91 Å². The molecule has 0 aliphatic heterocycles. The van der Waals surface area contributed by atoms with Gasteiger partial charge in [-0.05, 0) is 35.0 Å². The molecular formula is C20H16BrN3O5. The van der Waals surface area contributed by atoms with Crippen LogP contribution in [-0.2, 0) is 11.2 Å². The van der Waals surface area contributed by atoms with Crippen molar-refractivity contribution in [2.45, 2.75) is 6.42 Å². The minimum atomic E-state index is -0.657. The molecule has 9 heteroatoms. The Labute approximate surface area is 174 Å². The molecule has 3 rings (SSSR count). The number of non-ortho nitro benzene ring substituents is 1.